The van der Waals surface area contributed by atoms with E-state index in [2.05, 4.69) is 27.4 Å². The molecule has 6 heteroatoms. The second-order valence-corrected chi connectivity index (χ2v) is 7.99. The molecule has 2 saturated heterocycles. The van der Waals surface area contributed by atoms with Crippen LogP contribution in [0.25, 0.3) is 11.0 Å². The number of primary amides is 1. The molecule has 6 nitrogen and oxygen atoms in total. The SMILES string of the molecule is CCCN1CCC(c2nc3c(C(N)=O)cccc3n2CCN2CCCC2)C1. The molecule has 0 bridgehead atoms. The Bertz CT molecular complexity index is 808. The van der Waals surface area contributed by atoms with E-state index in [0.717, 1.165) is 56.0 Å². The van der Waals surface area contributed by atoms with Gasteiger partial charge in [-0.2, -0.15) is 0 Å². The van der Waals surface area contributed by atoms with Gasteiger partial charge in [-0.1, -0.05) is 13.0 Å². The lowest BCUT2D eigenvalue weighted by Gasteiger charge is -2.19. The number of fused-ring (bicyclic) bond motifs is 1. The largest absolute Gasteiger partial charge is 0.366 e. The number of aromatic nitrogens is 2. The molecule has 2 aliphatic heterocycles. The molecule has 1 unspecified atom stereocenters. The number of benzene rings is 1. The molecule has 0 aliphatic carbocycles. The fourth-order valence-electron chi connectivity index (χ4n) is 4.72. The van der Waals surface area contributed by atoms with Crippen molar-refractivity contribution in [1.29, 1.82) is 0 Å². The van der Waals surface area contributed by atoms with Crippen LogP contribution in [0.5, 0.6) is 0 Å². The minimum absolute atomic E-state index is 0.393. The third kappa shape index (κ3) is 3.73. The molecule has 1 aromatic heterocycles. The van der Waals surface area contributed by atoms with Crippen molar-refractivity contribution in [3.63, 3.8) is 0 Å². The molecule has 146 valence electrons. The van der Waals surface area contributed by atoms with Gasteiger partial charge in [-0.25, -0.2) is 4.98 Å². The van der Waals surface area contributed by atoms with Crippen LogP contribution in [0.1, 0.15) is 54.7 Å². The first-order valence-electron chi connectivity index (χ1n) is 10.4. The van der Waals surface area contributed by atoms with Crippen molar-refractivity contribution in [2.75, 3.05) is 39.3 Å². The molecule has 1 atom stereocenters. The topological polar surface area (TPSA) is 67.4 Å². The highest BCUT2D eigenvalue weighted by Crippen LogP contribution is 2.31. The summed E-state index contributed by atoms with van der Waals surface area (Å²) in [6.07, 6.45) is 4.93. The maximum absolute atomic E-state index is 11.9. The van der Waals surface area contributed by atoms with Crippen molar-refractivity contribution < 1.29 is 4.79 Å². The fourth-order valence-corrected chi connectivity index (χ4v) is 4.72. The molecule has 2 fully saturated rings. The first-order valence-corrected chi connectivity index (χ1v) is 10.4. The lowest BCUT2D eigenvalue weighted by molar-refractivity contribution is 0.100. The van der Waals surface area contributed by atoms with Gasteiger partial charge in [0, 0.05) is 25.6 Å². The van der Waals surface area contributed by atoms with Gasteiger partial charge in [-0.3, -0.25) is 4.79 Å². The molecule has 0 spiro atoms. The second kappa shape index (κ2) is 7.98. The smallest absolute Gasteiger partial charge is 0.250 e. The summed E-state index contributed by atoms with van der Waals surface area (Å²) in [6, 6.07) is 5.81. The van der Waals surface area contributed by atoms with E-state index in [9.17, 15) is 4.79 Å². The maximum atomic E-state index is 11.9. The van der Waals surface area contributed by atoms with Gasteiger partial charge in [-0.15, -0.1) is 0 Å². The number of amides is 1. The van der Waals surface area contributed by atoms with Crippen molar-refractivity contribution in [2.24, 2.45) is 5.73 Å². The van der Waals surface area contributed by atoms with Crippen LogP contribution >= 0.6 is 0 Å². The molecular formula is C21H31N5O. The zero-order chi connectivity index (χ0) is 18.8. The Morgan fingerprint density at radius 3 is 2.70 bits per heavy atom. The van der Waals surface area contributed by atoms with E-state index in [0.29, 0.717) is 11.5 Å². The highest BCUT2D eigenvalue weighted by atomic mass is 16.1. The predicted octanol–water partition coefficient (Wildman–Crippen LogP) is 2.43. The average Bonchev–Trinajstić information content (AvgIpc) is 3.39. The maximum Gasteiger partial charge on any atom is 0.250 e. The molecule has 4 rings (SSSR count). The van der Waals surface area contributed by atoms with E-state index >= 15 is 0 Å². The van der Waals surface area contributed by atoms with Crippen molar-refractivity contribution in [1.82, 2.24) is 19.4 Å². The third-order valence-corrected chi connectivity index (χ3v) is 6.09. The Balaban J connectivity index is 1.68. The van der Waals surface area contributed by atoms with Gasteiger partial charge in [0.2, 0.25) is 0 Å². The molecule has 1 aromatic carbocycles. The van der Waals surface area contributed by atoms with Gasteiger partial charge in [0.1, 0.15) is 11.3 Å². The molecule has 0 saturated carbocycles. The lowest BCUT2D eigenvalue weighted by Crippen LogP contribution is -2.26. The predicted molar refractivity (Wildman–Crippen MR) is 108 cm³/mol. The summed E-state index contributed by atoms with van der Waals surface area (Å²) in [5, 5.41) is 0. The van der Waals surface area contributed by atoms with Crippen LogP contribution in [0.4, 0.5) is 0 Å². The molecule has 0 radical (unpaired) electrons. The summed E-state index contributed by atoms with van der Waals surface area (Å²) in [7, 11) is 0. The Labute approximate surface area is 161 Å². The highest BCUT2D eigenvalue weighted by molar-refractivity contribution is 6.04. The van der Waals surface area contributed by atoms with E-state index in [1.165, 1.54) is 32.4 Å². The van der Waals surface area contributed by atoms with Crippen LogP contribution in [0.2, 0.25) is 0 Å². The van der Waals surface area contributed by atoms with Gasteiger partial charge < -0.3 is 20.1 Å². The summed E-state index contributed by atoms with van der Waals surface area (Å²) in [5.41, 5.74) is 7.99. The minimum atomic E-state index is -0.393. The number of nitrogens with two attached hydrogens (primary N) is 1. The summed E-state index contributed by atoms with van der Waals surface area (Å²) < 4.78 is 2.36. The van der Waals surface area contributed by atoms with Crippen LogP contribution in [0.15, 0.2) is 18.2 Å². The number of hydrogen-bond donors (Lipinski definition) is 1. The molecule has 1 amide bonds. The van der Waals surface area contributed by atoms with Gasteiger partial charge in [0.05, 0.1) is 11.1 Å². The van der Waals surface area contributed by atoms with E-state index in [1.807, 2.05) is 6.07 Å². The van der Waals surface area contributed by atoms with Crippen LogP contribution < -0.4 is 5.73 Å². The van der Waals surface area contributed by atoms with Crippen molar-refractivity contribution in [2.45, 2.75) is 45.1 Å². The van der Waals surface area contributed by atoms with E-state index in [1.54, 1.807) is 6.07 Å². The number of likely N-dealkylation sites (tertiary alicyclic amines) is 2. The fraction of sp³-hybridized carbons (Fsp3) is 0.619. The zero-order valence-corrected chi connectivity index (χ0v) is 16.4. The third-order valence-electron chi connectivity index (χ3n) is 6.09. The van der Waals surface area contributed by atoms with Gasteiger partial charge in [0.25, 0.3) is 5.91 Å². The summed E-state index contributed by atoms with van der Waals surface area (Å²) >= 11 is 0. The molecule has 2 aliphatic rings. The normalized spacial score (nSPS) is 21.4. The molecule has 2 aromatic rings. The summed E-state index contributed by atoms with van der Waals surface area (Å²) in [5.74, 6) is 1.18. The quantitative estimate of drug-likeness (QED) is 0.814. The Kier molecular flexibility index (Phi) is 5.45. The Hall–Kier alpha value is -1.92. The van der Waals surface area contributed by atoms with Gasteiger partial charge in [-0.05, 0) is 64.0 Å². The number of para-hydroxylation sites is 1. The van der Waals surface area contributed by atoms with Crippen molar-refractivity contribution in [3.05, 3.63) is 29.6 Å². The number of hydrogen-bond acceptors (Lipinski definition) is 4. The van der Waals surface area contributed by atoms with Crippen LogP contribution in [0.3, 0.4) is 0 Å². The number of nitrogens with zero attached hydrogens (tertiary/aromatic N) is 4. The van der Waals surface area contributed by atoms with Crippen LogP contribution in [-0.2, 0) is 6.54 Å². The molecule has 3 heterocycles. The summed E-state index contributed by atoms with van der Waals surface area (Å²) in [4.78, 5) is 22.0. The average molecular weight is 370 g/mol. The molecule has 27 heavy (non-hydrogen) atoms. The number of carbonyl (C=O) groups is 1. The van der Waals surface area contributed by atoms with Gasteiger partial charge in [0.15, 0.2) is 0 Å². The standard InChI is InChI=1S/C21H31N5O/c1-2-9-25-12-8-16(15-25)21-23-19-17(20(22)27)6-5-7-18(19)26(21)14-13-24-10-3-4-11-24/h5-7,16H,2-4,8-15H2,1H3,(H2,22,27). The molecular weight excluding hydrogens is 338 g/mol. The van der Waals surface area contributed by atoms with Crippen molar-refractivity contribution in [3.8, 4) is 0 Å². The number of rotatable bonds is 7. The van der Waals surface area contributed by atoms with Crippen LogP contribution in [0, 0.1) is 0 Å². The Morgan fingerprint density at radius 1 is 1.15 bits per heavy atom. The van der Waals surface area contributed by atoms with Gasteiger partial charge >= 0.3 is 0 Å². The van der Waals surface area contributed by atoms with E-state index < -0.39 is 5.91 Å². The second-order valence-electron chi connectivity index (χ2n) is 7.99. The number of imidazole rings is 1. The first kappa shape index (κ1) is 18.4. The van der Waals surface area contributed by atoms with Crippen LogP contribution in [-0.4, -0.2) is 64.5 Å². The van der Waals surface area contributed by atoms with E-state index in [4.69, 9.17) is 10.7 Å². The van der Waals surface area contributed by atoms with Crippen molar-refractivity contribution >= 4 is 16.9 Å². The highest BCUT2D eigenvalue weighted by Gasteiger charge is 2.29. The van der Waals surface area contributed by atoms with E-state index in [-0.39, 0.29) is 0 Å². The zero-order valence-electron chi connectivity index (χ0n) is 16.4. The molecule has 2 N–H and O–H groups in total. The first-order chi connectivity index (χ1) is 13.2. The minimum Gasteiger partial charge on any atom is -0.366 e. The number of carbonyl (C=O) groups excluding carboxylic acids is 1. The monoisotopic (exact) mass is 369 g/mol. The Morgan fingerprint density at radius 2 is 1.96 bits per heavy atom. The lowest BCUT2D eigenvalue weighted by atomic mass is 10.1. The summed E-state index contributed by atoms with van der Waals surface area (Å²) in [6.45, 7) is 9.95.